The predicted octanol–water partition coefficient (Wildman–Crippen LogP) is 17.1. The third-order valence-corrected chi connectivity index (χ3v) is 10.7. The molecule has 0 fully saturated rings. The Labute approximate surface area is 372 Å². The Morgan fingerprint density at radius 1 is 0.383 bits per heavy atom. The van der Waals surface area contributed by atoms with Crippen molar-refractivity contribution in [2.24, 2.45) is 0 Å². The molecule has 0 aliphatic carbocycles. The Bertz CT molecular complexity index is 1080. The molecule has 0 N–H and O–H groups in total. The maximum absolute atomic E-state index is 12.8. The zero-order valence-electron chi connectivity index (χ0n) is 39.7. The number of rotatable bonds is 46. The number of esters is 2. The Hall–Kier alpha value is -2.66. The van der Waals surface area contributed by atoms with Gasteiger partial charge in [0.25, 0.3) is 0 Å². The fourth-order valence-corrected chi connectivity index (χ4v) is 6.96. The van der Waals surface area contributed by atoms with E-state index in [9.17, 15) is 9.59 Å². The minimum absolute atomic E-state index is 0.0561. The molecule has 0 radical (unpaired) electrons. The molecule has 346 valence electrons. The highest BCUT2D eigenvalue weighted by Crippen LogP contribution is 2.15. The van der Waals surface area contributed by atoms with Gasteiger partial charge in [-0.05, 0) is 83.5 Å². The standard InChI is InChI=1S/C55H96O5/c1-4-7-10-13-16-19-22-25-28-30-33-36-39-42-45-48-54(56)59-52-53(51-58-50-47-44-41-38-35-32-27-24-21-18-15-12-9-6-3)60-55(57)49-46-43-40-37-34-31-29-26-23-20-17-14-11-8-5-2/h9,12,16,18-19,21,25,27-28,32,38,41,53H,4-8,10-11,13-15,17,20,22-24,26,29-31,33-37,39-40,42-52H2,1-3H3/b12-9-,19-16-,21-18-,28-25-,32-27-,41-38-. The number of carbonyl (C=O) groups excluding carboxylic acids is 2. The normalized spacial score (nSPS) is 12.8. The molecule has 0 rings (SSSR count). The highest BCUT2D eigenvalue weighted by molar-refractivity contribution is 5.70. The monoisotopic (exact) mass is 837 g/mol. The Morgan fingerprint density at radius 3 is 1.23 bits per heavy atom. The molecule has 60 heavy (non-hydrogen) atoms. The van der Waals surface area contributed by atoms with Crippen molar-refractivity contribution in [1.29, 1.82) is 0 Å². The van der Waals surface area contributed by atoms with E-state index >= 15 is 0 Å². The zero-order valence-corrected chi connectivity index (χ0v) is 39.7. The van der Waals surface area contributed by atoms with Crippen LogP contribution in [0.15, 0.2) is 72.9 Å². The van der Waals surface area contributed by atoms with E-state index in [0.717, 1.165) is 83.5 Å². The lowest BCUT2D eigenvalue weighted by Gasteiger charge is -2.18. The minimum atomic E-state index is -0.570. The summed E-state index contributed by atoms with van der Waals surface area (Å²) < 4.78 is 17.3. The second-order valence-electron chi connectivity index (χ2n) is 16.7. The van der Waals surface area contributed by atoms with E-state index < -0.39 is 6.10 Å². The van der Waals surface area contributed by atoms with E-state index in [-0.39, 0.29) is 25.2 Å². The van der Waals surface area contributed by atoms with Crippen molar-refractivity contribution in [3.63, 3.8) is 0 Å². The molecule has 5 heteroatoms. The summed E-state index contributed by atoms with van der Waals surface area (Å²) in [4.78, 5) is 25.4. The number of hydrogen-bond donors (Lipinski definition) is 0. The number of carbonyl (C=O) groups is 2. The van der Waals surface area contributed by atoms with Crippen molar-refractivity contribution in [2.75, 3.05) is 19.8 Å². The fourth-order valence-electron chi connectivity index (χ4n) is 6.96. The van der Waals surface area contributed by atoms with Crippen molar-refractivity contribution in [3.05, 3.63) is 72.9 Å². The van der Waals surface area contributed by atoms with Crippen LogP contribution in [0.25, 0.3) is 0 Å². The third kappa shape index (κ3) is 48.0. The second kappa shape index (κ2) is 50.7. The quantitative estimate of drug-likeness (QED) is 0.0347. The first kappa shape index (κ1) is 57.3. The molecule has 0 aliphatic rings. The Kier molecular flexibility index (Phi) is 48.4. The summed E-state index contributed by atoms with van der Waals surface area (Å²) in [5.74, 6) is -0.439. The van der Waals surface area contributed by atoms with Crippen molar-refractivity contribution >= 4 is 11.9 Å². The number of hydrogen-bond acceptors (Lipinski definition) is 5. The van der Waals surface area contributed by atoms with Crippen LogP contribution in [0.5, 0.6) is 0 Å². The van der Waals surface area contributed by atoms with Crippen molar-refractivity contribution in [3.8, 4) is 0 Å². The molecule has 0 saturated carbocycles. The van der Waals surface area contributed by atoms with E-state index in [2.05, 4.69) is 93.7 Å². The van der Waals surface area contributed by atoms with Gasteiger partial charge < -0.3 is 14.2 Å². The molecular formula is C55H96O5. The van der Waals surface area contributed by atoms with Crippen molar-refractivity contribution in [1.82, 2.24) is 0 Å². The minimum Gasteiger partial charge on any atom is -0.462 e. The third-order valence-electron chi connectivity index (χ3n) is 10.7. The first-order chi connectivity index (χ1) is 29.6. The van der Waals surface area contributed by atoms with Crippen LogP contribution >= 0.6 is 0 Å². The first-order valence-corrected chi connectivity index (χ1v) is 25.5. The van der Waals surface area contributed by atoms with E-state index in [1.165, 1.54) is 122 Å². The summed E-state index contributed by atoms with van der Waals surface area (Å²) in [5.41, 5.74) is 0. The lowest BCUT2D eigenvalue weighted by atomic mass is 10.0. The molecule has 1 atom stereocenters. The van der Waals surface area contributed by atoms with E-state index in [4.69, 9.17) is 14.2 Å². The fraction of sp³-hybridized carbons (Fsp3) is 0.745. The molecule has 0 aliphatic heterocycles. The molecule has 0 aromatic rings. The number of unbranched alkanes of at least 4 members (excludes halogenated alkanes) is 23. The topological polar surface area (TPSA) is 61.8 Å². The molecular weight excluding hydrogens is 741 g/mol. The first-order valence-electron chi connectivity index (χ1n) is 25.5. The van der Waals surface area contributed by atoms with Crippen LogP contribution in [0.4, 0.5) is 0 Å². The summed E-state index contributed by atoms with van der Waals surface area (Å²) in [6.07, 6.45) is 64.9. The second-order valence-corrected chi connectivity index (χ2v) is 16.7. The van der Waals surface area contributed by atoms with Gasteiger partial charge in [-0.1, -0.05) is 216 Å². The molecule has 0 saturated heterocycles. The van der Waals surface area contributed by atoms with Gasteiger partial charge >= 0.3 is 11.9 Å². The summed E-state index contributed by atoms with van der Waals surface area (Å²) in [7, 11) is 0. The molecule has 0 spiro atoms. The molecule has 0 aromatic carbocycles. The van der Waals surface area contributed by atoms with Crippen LogP contribution in [-0.4, -0.2) is 37.9 Å². The highest BCUT2D eigenvalue weighted by atomic mass is 16.6. The van der Waals surface area contributed by atoms with Crippen LogP contribution in [0, 0.1) is 0 Å². The average Bonchev–Trinajstić information content (AvgIpc) is 3.25. The largest absolute Gasteiger partial charge is 0.462 e. The smallest absolute Gasteiger partial charge is 0.306 e. The Balaban J connectivity index is 4.36. The van der Waals surface area contributed by atoms with Crippen molar-refractivity contribution in [2.45, 2.75) is 245 Å². The molecule has 0 heterocycles. The summed E-state index contributed by atoms with van der Waals surface area (Å²) in [6, 6.07) is 0. The predicted molar refractivity (Wildman–Crippen MR) is 260 cm³/mol. The van der Waals surface area contributed by atoms with E-state index in [1.54, 1.807) is 0 Å². The van der Waals surface area contributed by atoms with Gasteiger partial charge in [0, 0.05) is 19.4 Å². The van der Waals surface area contributed by atoms with E-state index in [0.29, 0.717) is 19.4 Å². The van der Waals surface area contributed by atoms with Crippen LogP contribution in [0.3, 0.4) is 0 Å². The molecule has 0 aromatic heterocycles. The van der Waals surface area contributed by atoms with Crippen LogP contribution in [-0.2, 0) is 23.8 Å². The van der Waals surface area contributed by atoms with Gasteiger partial charge in [0.2, 0.25) is 0 Å². The lowest BCUT2D eigenvalue weighted by Crippen LogP contribution is -2.30. The lowest BCUT2D eigenvalue weighted by molar-refractivity contribution is -0.163. The van der Waals surface area contributed by atoms with Crippen LogP contribution < -0.4 is 0 Å². The summed E-state index contributed by atoms with van der Waals surface area (Å²) >= 11 is 0. The average molecular weight is 837 g/mol. The SMILES string of the molecule is CC/C=C\C/C=C\C/C=C\C/C=C\CCCOCC(COC(=O)CCCCCCC/C=C\C/C=C\CCCCC)OC(=O)CCCCCCCCCCCCCCCCC. The summed E-state index contributed by atoms with van der Waals surface area (Å²) in [5, 5.41) is 0. The maximum Gasteiger partial charge on any atom is 0.306 e. The van der Waals surface area contributed by atoms with Gasteiger partial charge in [-0.15, -0.1) is 0 Å². The maximum atomic E-state index is 12.8. The van der Waals surface area contributed by atoms with Crippen LogP contribution in [0.1, 0.15) is 239 Å². The van der Waals surface area contributed by atoms with Gasteiger partial charge in [0.15, 0.2) is 6.10 Å². The van der Waals surface area contributed by atoms with Crippen LogP contribution in [0.2, 0.25) is 0 Å². The molecule has 0 bridgehead atoms. The molecule has 5 nitrogen and oxygen atoms in total. The molecule has 1 unspecified atom stereocenters. The Morgan fingerprint density at radius 2 is 0.750 bits per heavy atom. The number of allylic oxidation sites excluding steroid dienone is 12. The zero-order chi connectivity index (χ0) is 43.5. The van der Waals surface area contributed by atoms with Gasteiger partial charge in [-0.3, -0.25) is 9.59 Å². The molecule has 0 amide bonds. The van der Waals surface area contributed by atoms with E-state index in [1.807, 2.05) is 0 Å². The van der Waals surface area contributed by atoms with Gasteiger partial charge in [0.1, 0.15) is 6.61 Å². The van der Waals surface area contributed by atoms with Crippen molar-refractivity contribution < 1.29 is 23.8 Å². The summed E-state index contributed by atoms with van der Waals surface area (Å²) in [6.45, 7) is 7.55. The van der Waals surface area contributed by atoms with Gasteiger partial charge in [-0.25, -0.2) is 0 Å². The van der Waals surface area contributed by atoms with Gasteiger partial charge in [-0.2, -0.15) is 0 Å². The highest BCUT2D eigenvalue weighted by Gasteiger charge is 2.17. The van der Waals surface area contributed by atoms with Gasteiger partial charge in [0.05, 0.1) is 6.61 Å². The number of ether oxygens (including phenoxy) is 3.